The number of hydrogen-bond acceptors (Lipinski definition) is 4. The van der Waals surface area contributed by atoms with Gasteiger partial charge in [0.2, 0.25) is 0 Å². The molecule has 17 heavy (non-hydrogen) atoms. The predicted octanol–water partition coefficient (Wildman–Crippen LogP) is 3.16. The first-order valence-corrected chi connectivity index (χ1v) is 6.34. The minimum Gasteiger partial charge on any atom is -0.398 e. The first-order chi connectivity index (χ1) is 7.99. The molecule has 0 aliphatic heterocycles. The second-order valence-corrected chi connectivity index (χ2v) is 5.32. The molecule has 0 saturated heterocycles. The van der Waals surface area contributed by atoms with Crippen LogP contribution in [0.2, 0.25) is 10.0 Å². The first kappa shape index (κ1) is 12.5. The van der Waals surface area contributed by atoms with Crippen LogP contribution in [0.5, 0.6) is 0 Å². The molecule has 0 fully saturated rings. The Labute approximate surface area is 113 Å². The summed E-state index contributed by atoms with van der Waals surface area (Å²) in [4.78, 5) is 0.815. The molecule has 0 unspecified atom stereocenters. The Bertz CT molecular complexity index is 568. The average molecular weight is 289 g/mol. The van der Waals surface area contributed by atoms with Crippen LogP contribution in [0, 0.1) is 6.92 Å². The number of rotatable bonds is 2. The molecule has 0 atom stereocenters. The van der Waals surface area contributed by atoms with E-state index in [2.05, 4.69) is 10.2 Å². The van der Waals surface area contributed by atoms with Crippen LogP contribution in [0.15, 0.2) is 22.2 Å². The maximum absolute atomic E-state index is 5.95. The molecule has 7 heteroatoms. The highest BCUT2D eigenvalue weighted by Crippen LogP contribution is 2.36. The molecule has 1 heterocycles. The topological polar surface area (TPSA) is 56.7 Å². The molecular weight excluding hydrogens is 279 g/mol. The van der Waals surface area contributed by atoms with Crippen molar-refractivity contribution in [1.29, 1.82) is 0 Å². The van der Waals surface area contributed by atoms with E-state index in [1.54, 1.807) is 12.1 Å². The van der Waals surface area contributed by atoms with E-state index in [9.17, 15) is 0 Å². The van der Waals surface area contributed by atoms with E-state index in [0.29, 0.717) is 15.7 Å². The number of nitrogens with zero attached hydrogens (tertiary/aromatic N) is 3. The molecule has 0 saturated carbocycles. The largest absolute Gasteiger partial charge is 0.398 e. The maximum Gasteiger partial charge on any atom is 0.195 e. The molecule has 0 bridgehead atoms. The van der Waals surface area contributed by atoms with Crippen LogP contribution in [-0.4, -0.2) is 14.8 Å². The van der Waals surface area contributed by atoms with Crippen LogP contribution in [0.4, 0.5) is 5.69 Å². The molecule has 0 spiro atoms. The molecule has 0 aliphatic rings. The van der Waals surface area contributed by atoms with Crippen molar-refractivity contribution in [3.8, 4) is 0 Å². The van der Waals surface area contributed by atoms with Gasteiger partial charge < -0.3 is 10.3 Å². The molecule has 4 nitrogen and oxygen atoms in total. The van der Waals surface area contributed by atoms with Crippen molar-refractivity contribution in [1.82, 2.24) is 14.8 Å². The summed E-state index contributed by atoms with van der Waals surface area (Å²) in [5.41, 5.74) is 6.45. The molecule has 1 aromatic carbocycles. The Morgan fingerprint density at radius 3 is 2.47 bits per heavy atom. The quantitative estimate of drug-likeness (QED) is 0.863. The zero-order valence-corrected chi connectivity index (χ0v) is 11.6. The Morgan fingerprint density at radius 1 is 1.24 bits per heavy atom. The van der Waals surface area contributed by atoms with Crippen molar-refractivity contribution in [3.05, 3.63) is 28.0 Å². The van der Waals surface area contributed by atoms with E-state index in [4.69, 9.17) is 28.9 Å². The number of nitrogen functional groups attached to an aromatic ring is 1. The fourth-order valence-corrected chi connectivity index (χ4v) is 2.51. The third-order valence-corrected chi connectivity index (χ3v) is 4.14. The smallest absolute Gasteiger partial charge is 0.195 e. The van der Waals surface area contributed by atoms with Crippen molar-refractivity contribution in [2.75, 3.05) is 5.73 Å². The van der Waals surface area contributed by atoms with Gasteiger partial charge in [0.05, 0.1) is 10.0 Å². The summed E-state index contributed by atoms with van der Waals surface area (Å²) in [6.07, 6.45) is 0. The van der Waals surface area contributed by atoms with Crippen molar-refractivity contribution < 1.29 is 0 Å². The van der Waals surface area contributed by atoms with E-state index < -0.39 is 0 Å². The summed E-state index contributed by atoms with van der Waals surface area (Å²) in [6, 6.07) is 3.36. The van der Waals surface area contributed by atoms with Gasteiger partial charge in [0.25, 0.3) is 0 Å². The molecule has 90 valence electrons. The molecule has 0 radical (unpaired) electrons. The number of aromatic nitrogens is 3. The van der Waals surface area contributed by atoms with Crippen molar-refractivity contribution in [3.63, 3.8) is 0 Å². The molecular formula is C10H10Cl2N4S. The monoisotopic (exact) mass is 288 g/mol. The zero-order chi connectivity index (χ0) is 12.6. The van der Waals surface area contributed by atoms with Gasteiger partial charge in [-0.25, -0.2) is 0 Å². The summed E-state index contributed by atoms with van der Waals surface area (Å²) in [5.74, 6) is 0.839. The normalized spacial score (nSPS) is 10.8. The minimum absolute atomic E-state index is 0.447. The molecule has 2 N–H and O–H groups in total. The van der Waals surface area contributed by atoms with E-state index in [1.807, 2.05) is 18.5 Å². The number of anilines is 1. The molecule has 2 aromatic rings. The van der Waals surface area contributed by atoms with E-state index >= 15 is 0 Å². The lowest BCUT2D eigenvalue weighted by molar-refractivity contribution is 0.766. The summed E-state index contributed by atoms with van der Waals surface area (Å²) in [7, 11) is 1.89. The van der Waals surface area contributed by atoms with Crippen molar-refractivity contribution in [2.24, 2.45) is 7.05 Å². The van der Waals surface area contributed by atoms with Crippen LogP contribution in [0.3, 0.4) is 0 Å². The summed E-state index contributed by atoms with van der Waals surface area (Å²) >= 11 is 13.2. The predicted molar refractivity (Wildman–Crippen MR) is 70.7 cm³/mol. The maximum atomic E-state index is 5.95. The van der Waals surface area contributed by atoms with E-state index in [-0.39, 0.29) is 0 Å². The standard InChI is InChI=1S/C10H10Cl2N4S/c1-5-14-15-10(16(5)2)17-9-4-7(12)6(11)3-8(9)13/h3-4H,13H2,1-2H3. The van der Waals surface area contributed by atoms with Gasteiger partial charge in [0.15, 0.2) is 5.16 Å². The zero-order valence-electron chi connectivity index (χ0n) is 9.24. The second kappa shape index (κ2) is 4.76. The fraction of sp³-hybridized carbons (Fsp3) is 0.200. The number of benzene rings is 1. The van der Waals surface area contributed by atoms with Crippen LogP contribution in [-0.2, 0) is 7.05 Å². The first-order valence-electron chi connectivity index (χ1n) is 4.77. The van der Waals surface area contributed by atoms with Crippen molar-refractivity contribution >= 4 is 40.7 Å². The Morgan fingerprint density at radius 2 is 1.88 bits per heavy atom. The van der Waals surface area contributed by atoms with Gasteiger partial charge in [0, 0.05) is 17.6 Å². The lowest BCUT2D eigenvalue weighted by Crippen LogP contribution is -1.95. The van der Waals surface area contributed by atoms with Crippen LogP contribution in [0.25, 0.3) is 0 Å². The molecule has 0 amide bonds. The van der Waals surface area contributed by atoms with Gasteiger partial charge in [-0.3, -0.25) is 0 Å². The average Bonchev–Trinajstić information content (AvgIpc) is 2.58. The number of aryl methyl sites for hydroxylation is 1. The summed E-state index contributed by atoms with van der Waals surface area (Å²) in [6.45, 7) is 1.88. The Kier molecular flexibility index (Phi) is 3.51. The van der Waals surface area contributed by atoms with Gasteiger partial charge in [-0.1, -0.05) is 23.2 Å². The van der Waals surface area contributed by atoms with E-state index in [0.717, 1.165) is 15.9 Å². The fourth-order valence-electron chi connectivity index (χ4n) is 1.21. The number of hydrogen-bond donors (Lipinski definition) is 1. The van der Waals surface area contributed by atoms with Gasteiger partial charge in [-0.05, 0) is 30.8 Å². The molecule has 0 aliphatic carbocycles. The van der Waals surface area contributed by atoms with Crippen LogP contribution < -0.4 is 5.73 Å². The lowest BCUT2D eigenvalue weighted by atomic mass is 10.3. The Hall–Kier alpha value is -0.910. The third kappa shape index (κ3) is 2.51. The Balaban J connectivity index is 2.36. The SMILES string of the molecule is Cc1nnc(Sc2cc(Cl)c(Cl)cc2N)n1C. The highest BCUT2D eigenvalue weighted by molar-refractivity contribution is 7.99. The van der Waals surface area contributed by atoms with Crippen molar-refractivity contribution in [2.45, 2.75) is 17.0 Å². The molecule has 1 aromatic heterocycles. The minimum atomic E-state index is 0.447. The van der Waals surface area contributed by atoms with Gasteiger partial charge >= 0.3 is 0 Å². The van der Waals surface area contributed by atoms with Crippen LogP contribution >= 0.6 is 35.0 Å². The highest BCUT2D eigenvalue weighted by atomic mass is 35.5. The van der Waals surface area contributed by atoms with E-state index in [1.165, 1.54) is 11.8 Å². The second-order valence-electron chi connectivity index (χ2n) is 3.50. The van der Waals surface area contributed by atoms with Gasteiger partial charge in [-0.15, -0.1) is 10.2 Å². The summed E-state index contributed by atoms with van der Waals surface area (Å²) in [5, 5.41) is 9.70. The van der Waals surface area contributed by atoms with Gasteiger partial charge in [-0.2, -0.15) is 0 Å². The number of nitrogens with two attached hydrogens (primary N) is 1. The number of halogens is 2. The third-order valence-electron chi connectivity index (χ3n) is 2.31. The van der Waals surface area contributed by atoms with Crippen LogP contribution in [0.1, 0.15) is 5.82 Å². The highest BCUT2D eigenvalue weighted by Gasteiger charge is 2.11. The lowest BCUT2D eigenvalue weighted by Gasteiger charge is -2.06. The molecule has 2 rings (SSSR count). The summed E-state index contributed by atoms with van der Waals surface area (Å²) < 4.78 is 1.88. The van der Waals surface area contributed by atoms with Gasteiger partial charge in [0.1, 0.15) is 5.82 Å².